The van der Waals surface area contributed by atoms with Gasteiger partial charge >= 0.3 is 0 Å². The van der Waals surface area contributed by atoms with Gasteiger partial charge in [0, 0.05) is 0 Å². The molecule has 0 unspecified atom stereocenters. The Labute approximate surface area is 71.8 Å². The monoisotopic (exact) mass is 190 g/mol. The number of halogens is 2. The predicted molar refractivity (Wildman–Crippen MR) is 49.0 cm³/mol. The number of hydrogen-bond donors (Lipinski definition) is 0. The number of rotatable bonds is 2. The van der Waals surface area contributed by atoms with Crippen LogP contribution in [0.5, 0.6) is 0 Å². The average molecular weight is 191 g/mol. The van der Waals surface area contributed by atoms with E-state index in [2.05, 4.69) is 0 Å². The van der Waals surface area contributed by atoms with E-state index >= 15 is 0 Å². The molecule has 0 radical (unpaired) electrons. The van der Waals surface area contributed by atoms with Crippen LogP contribution in [0.4, 0.5) is 0 Å². The lowest BCUT2D eigenvalue weighted by molar-refractivity contribution is 1.39. The molecular formula is C7H8Cl2Si. The van der Waals surface area contributed by atoms with Gasteiger partial charge in [0.15, 0.2) is 0 Å². The van der Waals surface area contributed by atoms with Gasteiger partial charge in [-0.1, -0.05) is 30.3 Å². The van der Waals surface area contributed by atoms with Crippen molar-refractivity contribution >= 4 is 29.6 Å². The Hall–Kier alpha value is 0.0169. The van der Waals surface area contributed by atoms with Crippen LogP contribution >= 0.6 is 22.2 Å². The van der Waals surface area contributed by atoms with Crippen molar-refractivity contribution in [1.82, 2.24) is 0 Å². The second kappa shape index (κ2) is 4.01. The minimum Gasteiger partial charge on any atom is -0.150 e. The van der Waals surface area contributed by atoms with Gasteiger partial charge in [-0.25, -0.2) is 0 Å². The molecule has 0 aromatic heterocycles. The smallest absolute Gasteiger partial charge is 0.150 e. The molecule has 1 aromatic rings. The maximum Gasteiger partial charge on any atom is 0.241 e. The first-order valence-electron chi connectivity index (χ1n) is 3.11. The maximum atomic E-state index is 5.72. The van der Waals surface area contributed by atoms with E-state index in [4.69, 9.17) is 22.2 Å². The van der Waals surface area contributed by atoms with Gasteiger partial charge in [0.1, 0.15) is 0 Å². The Balaban J connectivity index is 2.59. The van der Waals surface area contributed by atoms with Crippen molar-refractivity contribution in [3.05, 3.63) is 35.9 Å². The van der Waals surface area contributed by atoms with Gasteiger partial charge in [0.2, 0.25) is 7.42 Å². The van der Waals surface area contributed by atoms with Crippen LogP contribution < -0.4 is 0 Å². The van der Waals surface area contributed by atoms with Gasteiger partial charge in [0.25, 0.3) is 0 Å². The summed E-state index contributed by atoms with van der Waals surface area (Å²) < 4.78 is 0. The molecule has 0 aliphatic carbocycles. The van der Waals surface area contributed by atoms with Crippen LogP contribution in [0.15, 0.2) is 30.3 Å². The third-order valence-corrected chi connectivity index (χ3v) is 2.94. The maximum absolute atomic E-state index is 5.72. The molecule has 0 saturated heterocycles. The predicted octanol–water partition coefficient (Wildman–Crippen LogP) is 2.47. The first-order valence-corrected chi connectivity index (χ1v) is 7.42. The highest BCUT2D eigenvalue weighted by Crippen LogP contribution is 2.06. The van der Waals surface area contributed by atoms with E-state index in [0.29, 0.717) is 0 Å². The zero-order valence-electron chi connectivity index (χ0n) is 5.43. The fourth-order valence-corrected chi connectivity index (χ4v) is 2.49. The Kier molecular flexibility index (Phi) is 3.26. The molecule has 0 spiro atoms. The molecule has 1 rings (SSSR count). The molecule has 0 amide bonds. The number of benzene rings is 1. The van der Waals surface area contributed by atoms with Crippen LogP contribution in [0.25, 0.3) is 0 Å². The fourth-order valence-electron chi connectivity index (χ4n) is 0.792. The van der Waals surface area contributed by atoms with Crippen molar-refractivity contribution in [2.24, 2.45) is 0 Å². The summed E-state index contributed by atoms with van der Waals surface area (Å²) in [7, 11) is -1.45. The highest BCUT2D eigenvalue weighted by atomic mass is 35.7. The third-order valence-electron chi connectivity index (χ3n) is 1.23. The van der Waals surface area contributed by atoms with Gasteiger partial charge in [-0.15, -0.1) is 22.2 Å². The van der Waals surface area contributed by atoms with E-state index in [1.165, 1.54) is 5.56 Å². The largest absolute Gasteiger partial charge is 0.241 e. The Morgan fingerprint density at radius 1 is 1.10 bits per heavy atom. The lowest BCUT2D eigenvalue weighted by Crippen LogP contribution is -1.98. The number of hydrogen-bond acceptors (Lipinski definition) is 0. The first kappa shape index (κ1) is 8.12. The molecule has 0 fully saturated rings. The molecule has 3 heteroatoms. The normalized spacial score (nSPS) is 10.3. The lowest BCUT2D eigenvalue weighted by Gasteiger charge is -1.97. The standard InChI is InChI=1S/C7H8Cl2Si/c8-10(9)6-7-4-2-1-3-5-7/h1-5,10H,6H2. The second-order valence-corrected chi connectivity index (χ2v) is 7.10. The van der Waals surface area contributed by atoms with Gasteiger partial charge < -0.3 is 0 Å². The molecule has 0 heterocycles. The summed E-state index contributed by atoms with van der Waals surface area (Å²) in [6.45, 7) is 0. The van der Waals surface area contributed by atoms with Crippen LogP contribution in [0.1, 0.15) is 5.56 Å². The molecule has 1 aromatic carbocycles. The van der Waals surface area contributed by atoms with Crippen molar-refractivity contribution in [2.45, 2.75) is 6.04 Å². The second-order valence-electron chi connectivity index (χ2n) is 2.08. The SMILES string of the molecule is Cl[SiH](Cl)Cc1ccccc1. The first-order chi connectivity index (χ1) is 4.79. The van der Waals surface area contributed by atoms with Crippen LogP contribution in [0.2, 0.25) is 0 Å². The van der Waals surface area contributed by atoms with Crippen LogP contribution in [0, 0.1) is 0 Å². The Bertz CT molecular complexity index is 186. The van der Waals surface area contributed by atoms with Gasteiger partial charge in [-0.3, -0.25) is 0 Å². The third kappa shape index (κ3) is 2.73. The quantitative estimate of drug-likeness (QED) is 0.497. The van der Waals surface area contributed by atoms with Crippen LogP contribution in [-0.4, -0.2) is 7.42 Å². The zero-order chi connectivity index (χ0) is 7.40. The Morgan fingerprint density at radius 2 is 1.70 bits per heavy atom. The summed E-state index contributed by atoms with van der Waals surface area (Å²) in [5.74, 6) is 0. The van der Waals surface area contributed by atoms with Crippen LogP contribution in [0.3, 0.4) is 0 Å². The summed E-state index contributed by atoms with van der Waals surface area (Å²) in [6, 6.07) is 10.9. The van der Waals surface area contributed by atoms with E-state index in [9.17, 15) is 0 Å². The van der Waals surface area contributed by atoms with Gasteiger partial charge in [-0.05, 0) is 11.6 Å². The van der Waals surface area contributed by atoms with E-state index in [-0.39, 0.29) is 0 Å². The molecule has 10 heavy (non-hydrogen) atoms. The summed E-state index contributed by atoms with van der Waals surface area (Å²) >= 11 is 11.4. The van der Waals surface area contributed by atoms with Crippen LogP contribution in [-0.2, 0) is 6.04 Å². The molecule has 0 bridgehead atoms. The summed E-state index contributed by atoms with van der Waals surface area (Å²) in [4.78, 5) is 0. The van der Waals surface area contributed by atoms with Crippen molar-refractivity contribution in [3.8, 4) is 0 Å². The van der Waals surface area contributed by atoms with E-state index in [1.807, 2.05) is 30.3 Å². The zero-order valence-corrected chi connectivity index (χ0v) is 8.09. The average Bonchev–Trinajstić information content (AvgIpc) is 1.88. The van der Waals surface area contributed by atoms with Gasteiger partial charge in [0.05, 0.1) is 0 Å². The van der Waals surface area contributed by atoms with Crippen molar-refractivity contribution in [3.63, 3.8) is 0 Å². The molecule has 0 saturated carbocycles. The molecule has 0 aliphatic heterocycles. The minimum atomic E-state index is -1.45. The molecular weight excluding hydrogens is 183 g/mol. The molecule has 0 N–H and O–H groups in total. The topological polar surface area (TPSA) is 0 Å². The summed E-state index contributed by atoms with van der Waals surface area (Å²) in [5, 5.41) is 0. The van der Waals surface area contributed by atoms with Gasteiger partial charge in [-0.2, -0.15) is 0 Å². The van der Waals surface area contributed by atoms with E-state index in [1.54, 1.807) is 0 Å². The highest BCUT2D eigenvalue weighted by Gasteiger charge is 2.01. The lowest BCUT2D eigenvalue weighted by atomic mass is 10.2. The van der Waals surface area contributed by atoms with Crippen molar-refractivity contribution in [1.29, 1.82) is 0 Å². The highest BCUT2D eigenvalue weighted by molar-refractivity contribution is 7.33. The molecule has 0 aliphatic rings. The fraction of sp³-hybridized carbons (Fsp3) is 0.143. The van der Waals surface area contributed by atoms with Crippen molar-refractivity contribution in [2.75, 3.05) is 0 Å². The summed E-state index contributed by atoms with van der Waals surface area (Å²) in [5.41, 5.74) is 1.24. The summed E-state index contributed by atoms with van der Waals surface area (Å²) in [6.07, 6.45) is 0. The molecule has 0 atom stereocenters. The Morgan fingerprint density at radius 3 is 2.20 bits per heavy atom. The van der Waals surface area contributed by atoms with Crippen molar-refractivity contribution < 1.29 is 0 Å². The molecule has 0 nitrogen and oxygen atoms in total. The van der Waals surface area contributed by atoms with E-state index in [0.717, 1.165) is 6.04 Å². The van der Waals surface area contributed by atoms with E-state index < -0.39 is 7.42 Å². The molecule has 54 valence electrons. The minimum absolute atomic E-state index is 0.865.